The Balaban J connectivity index is 2.44. The van der Waals surface area contributed by atoms with Crippen LogP contribution in [0, 0.1) is 0 Å². The molecule has 0 aliphatic heterocycles. The van der Waals surface area contributed by atoms with Crippen molar-refractivity contribution < 1.29 is 66.9 Å². The highest BCUT2D eigenvalue weighted by molar-refractivity contribution is 8.33. The molecule has 0 radical (unpaired) electrons. The van der Waals surface area contributed by atoms with Crippen molar-refractivity contribution >= 4 is 20.4 Å². The highest BCUT2D eigenvalue weighted by Gasteiger charge is 2.86. The fourth-order valence-corrected chi connectivity index (χ4v) is 8.57. The van der Waals surface area contributed by atoms with Crippen LogP contribution in [0.25, 0.3) is 0 Å². The Morgan fingerprint density at radius 2 is 1.00 bits per heavy atom. The Morgan fingerprint density at radius 1 is 0.615 bits per heavy atom. The Bertz CT molecular complexity index is 1390. The lowest BCUT2D eigenvalue weighted by molar-refractivity contribution is -0.382. The first-order chi connectivity index (χ1) is 17.7. The molecule has 0 spiro atoms. The van der Waals surface area contributed by atoms with Crippen LogP contribution in [0.4, 0.5) is 39.5 Å². The maximum absolute atomic E-state index is 14.8. The molecular weight excluding hydrogens is 595 g/mol. The van der Waals surface area contributed by atoms with E-state index in [1.807, 2.05) is 0 Å². The molecule has 39 heavy (non-hydrogen) atoms. The van der Waals surface area contributed by atoms with Crippen molar-refractivity contribution in [2.75, 3.05) is 0 Å². The molecule has 6 nitrogen and oxygen atoms in total. The van der Waals surface area contributed by atoms with Gasteiger partial charge in [0.25, 0.3) is 0 Å². The van der Waals surface area contributed by atoms with E-state index in [1.165, 1.54) is 12.1 Å². The van der Waals surface area contributed by atoms with E-state index in [2.05, 4.69) is 3.63 Å². The summed E-state index contributed by atoms with van der Waals surface area (Å²) >= 11 is 0. The van der Waals surface area contributed by atoms with Crippen LogP contribution in [-0.2, 0) is 13.7 Å². The second-order valence-electron chi connectivity index (χ2n) is 7.68. The molecule has 0 aromatic heterocycles. The third-order valence-electron chi connectivity index (χ3n) is 5.09. The molecule has 0 saturated heterocycles. The van der Waals surface area contributed by atoms with Gasteiger partial charge in [-0.05, 0) is 34.6 Å². The van der Waals surface area contributed by atoms with Crippen LogP contribution in [0.1, 0.15) is 0 Å². The van der Waals surface area contributed by atoms with Gasteiger partial charge in [0.2, 0.25) is 0 Å². The van der Waals surface area contributed by atoms with Crippen LogP contribution >= 0.6 is 10.3 Å². The predicted molar refractivity (Wildman–Crippen MR) is 118 cm³/mol. The van der Waals surface area contributed by atoms with Gasteiger partial charge in [-0.3, -0.25) is 0 Å². The average molecular weight is 610 g/mol. The van der Waals surface area contributed by atoms with Gasteiger partial charge in [-0.2, -0.15) is 47.9 Å². The van der Waals surface area contributed by atoms with Gasteiger partial charge >= 0.3 is 33.4 Å². The number of benzene rings is 3. The molecule has 0 atom stereocenters. The largest absolute Gasteiger partial charge is 0.508 e. The van der Waals surface area contributed by atoms with Crippen molar-refractivity contribution in [1.82, 2.24) is 0 Å². The zero-order valence-electron chi connectivity index (χ0n) is 18.7. The smallest absolute Gasteiger partial charge is 0.460 e. The minimum Gasteiger partial charge on any atom is -0.508 e. The summed E-state index contributed by atoms with van der Waals surface area (Å²) in [5, 5.41) is 23.5. The molecule has 3 rings (SSSR count). The number of hydrogen-bond donors (Lipinski definition) is 3. The van der Waals surface area contributed by atoms with Gasteiger partial charge in [-0.15, -0.1) is 0 Å². The Kier molecular flexibility index (Phi) is 7.52. The van der Waals surface area contributed by atoms with E-state index in [1.54, 1.807) is 0 Å². The van der Waals surface area contributed by atoms with Crippen molar-refractivity contribution in [3.05, 3.63) is 72.8 Å². The van der Waals surface area contributed by atoms with Crippen LogP contribution < -0.4 is 0 Å². The minimum absolute atomic E-state index is 0.475. The topological polar surface area (TPSA) is 104 Å². The maximum atomic E-state index is 14.8. The normalized spacial score (nSPS) is 14.3. The third-order valence-corrected chi connectivity index (χ3v) is 10.4. The lowest BCUT2D eigenvalue weighted by Crippen LogP contribution is -2.63. The van der Waals surface area contributed by atoms with Crippen LogP contribution in [0.5, 0.6) is 17.2 Å². The van der Waals surface area contributed by atoms with E-state index in [4.69, 9.17) is 0 Å². The molecule has 3 aromatic carbocycles. The summed E-state index contributed by atoms with van der Waals surface area (Å²) in [6, 6.07) is 12.0. The summed E-state index contributed by atoms with van der Waals surface area (Å²) in [5.41, 5.74) is 0. The van der Waals surface area contributed by atoms with Gasteiger partial charge in [0.05, 0.1) is 0 Å². The lowest BCUT2D eigenvalue weighted by atomic mass is 10.1. The number of aromatic hydroxyl groups is 3. The molecular formula is C22H15F9O6S2. The molecule has 0 fully saturated rings. The molecule has 0 aliphatic carbocycles. The summed E-state index contributed by atoms with van der Waals surface area (Å²) in [6.07, 6.45) is -7.31. The maximum Gasteiger partial charge on any atom is 0.460 e. The van der Waals surface area contributed by atoms with E-state index >= 15 is 0 Å². The zero-order chi connectivity index (χ0) is 29.7. The molecule has 0 heterocycles. The molecule has 214 valence electrons. The molecule has 3 N–H and O–H groups in total. The first kappa shape index (κ1) is 30.2. The number of halogens is 9. The Hall–Kier alpha value is -3.31. The van der Waals surface area contributed by atoms with E-state index < -0.39 is 75.6 Å². The number of phenols is 3. The van der Waals surface area contributed by atoms with E-state index in [9.17, 15) is 63.3 Å². The van der Waals surface area contributed by atoms with Gasteiger partial charge in [0.1, 0.15) is 22.1 Å². The van der Waals surface area contributed by atoms with Crippen LogP contribution in [-0.4, -0.2) is 47.0 Å². The van der Waals surface area contributed by atoms with E-state index in [0.717, 1.165) is 48.5 Å². The minimum atomic E-state index is -7.60. The van der Waals surface area contributed by atoms with Crippen LogP contribution in [0.3, 0.4) is 0 Å². The van der Waals surface area contributed by atoms with Gasteiger partial charge in [0.15, 0.2) is 0 Å². The average Bonchev–Trinajstić information content (AvgIpc) is 2.82. The summed E-state index contributed by atoms with van der Waals surface area (Å²) in [7, 11) is -12.1. The second-order valence-corrected chi connectivity index (χ2v) is 12.1. The van der Waals surface area contributed by atoms with Crippen molar-refractivity contribution in [2.45, 2.75) is 38.0 Å². The first-order valence-corrected chi connectivity index (χ1v) is 13.0. The van der Waals surface area contributed by atoms with E-state index in [0.29, 0.717) is 12.1 Å². The summed E-state index contributed by atoms with van der Waals surface area (Å²) in [6.45, 7) is 0. The van der Waals surface area contributed by atoms with Gasteiger partial charge in [-0.1, -0.05) is 36.4 Å². The van der Waals surface area contributed by atoms with Crippen molar-refractivity contribution in [2.24, 2.45) is 0 Å². The molecule has 17 heteroatoms. The lowest BCUT2D eigenvalue weighted by Gasteiger charge is -2.41. The highest BCUT2D eigenvalue weighted by Crippen LogP contribution is 2.75. The molecule has 0 bridgehead atoms. The fraction of sp³-hybridized carbons (Fsp3) is 0.182. The SMILES string of the molecule is O=S(=O)(OS(c1ccccc1)(c1ccccc1)c1c(O)cc(O)cc1O)C(F)(F)C(F)(F)C(F)(F)C(F)(F)F. The van der Waals surface area contributed by atoms with Gasteiger partial charge < -0.3 is 15.3 Å². The molecule has 0 unspecified atom stereocenters. The van der Waals surface area contributed by atoms with Gasteiger partial charge in [0, 0.05) is 21.9 Å². The Morgan fingerprint density at radius 3 is 1.36 bits per heavy atom. The predicted octanol–water partition coefficient (Wildman–Crippen LogP) is 6.77. The number of hydrogen-bond acceptors (Lipinski definition) is 6. The molecule has 0 amide bonds. The number of alkyl halides is 9. The van der Waals surface area contributed by atoms with Crippen molar-refractivity contribution in [3.63, 3.8) is 0 Å². The number of rotatable bonds is 8. The zero-order valence-corrected chi connectivity index (χ0v) is 20.3. The van der Waals surface area contributed by atoms with Gasteiger partial charge in [-0.25, -0.2) is 3.63 Å². The monoisotopic (exact) mass is 610 g/mol. The molecule has 3 aromatic rings. The Labute approximate surface area is 215 Å². The molecule has 0 saturated carbocycles. The highest BCUT2D eigenvalue weighted by atomic mass is 32.3. The third kappa shape index (κ3) is 4.71. The quantitative estimate of drug-likeness (QED) is 0.243. The van der Waals surface area contributed by atoms with Crippen LogP contribution in [0.15, 0.2) is 87.5 Å². The fourth-order valence-electron chi connectivity index (χ4n) is 3.28. The first-order valence-electron chi connectivity index (χ1n) is 10.1. The molecule has 0 aliphatic rings. The van der Waals surface area contributed by atoms with Crippen LogP contribution in [0.2, 0.25) is 0 Å². The van der Waals surface area contributed by atoms with Crippen molar-refractivity contribution in [1.29, 1.82) is 0 Å². The summed E-state index contributed by atoms with van der Waals surface area (Å²) in [4.78, 5) is -2.15. The second kappa shape index (κ2) is 9.71. The standard InChI is InChI=1S/C22H15F9O6S2/c23-19(24,21(27,28)29)20(25,26)22(30,31)39(35,36)37-38(14-7-3-1-4-8-14,15-9-5-2-6-10-15)18-16(33)11-13(32)12-17(18)34/h1-12,32-34H. The summed E-state index contributed by atoms with van der Waals surface area (Å²) in [5.74, 6) is -18.5. The summed E-state index contributed by atoms with van der Waals surface area (Å²) < 4.78 is 153. The number of phenolic OH excluding ortho intramolecular Hbond substituents is 3. The van der Waals surface area contributed by atoms with E-state index in [-0.39, 0.29) is 0 Å². The van der Waals surface area contributed by atoms with Crippen molar-refractivity contribution in [3.8, 4) is 17.2 Å².